The number of primary amides is 1. The van der Waals surface area contributed by atoms with E-state index in [4.69, 9.17) is 5.73 Å². The van der Waals surface area contributed by atoms with Crippen molar-refractivity contribution in [2.24, 2.45) is 11.7 Å². The van der Waals surface area contributed by atoms with Gasteiger partial charge in [-0.15, -0.1) is 0 Å². The second-order valence-electron chi connectivity index (χ2n) is 7.20. The van der Waals surface area contributed by atoms with Crippen molar-refractivity contribution in [3.63, 3.8) is 0 Å². The maximum atomic E-state index is 13.3. The summed E-state index contributed by atoms with van der Waals surface area (Å²) in [6.45, 7) is 2.88. The zero-order valence-electron chi connectivity index (χ0n) is 14.5. The number of amides is 2. The maximum absolute atomic E-state index is 13.3. The number of imidazole rings is 1. The van der Waals surface area contributed by atoms with Crippen molar-refractivity contribution in [3.05, 3.63) is 36.0 Å². The Morgan fingerprint density at radius 3 is 2.73 bits per heavy atom. The van der Waals surface area contributed by atoms with Gasteiger partial charge in [-0.05, 0) is 25.0 Å². The average molecular weight is 359 g/mol. The van der Waals surface area contributed by atoms with E-state index >= 15 is 0 Å². The van der Waals surface area contributed by atoms with E-state index in [1.165, 1.54) is 12.3 Å². The third-order valence-electron chi connectivity index (χ3n) is 5.41. The van der Waals surface area contributed by atoms with Gasteiger partial charge in [-0.25, -0.2) is 9.37 Å². The Morgan fingerprint density at radius 1 is 1.27 bits per heavy atom. The van der Waals surface area contributed by atoms with E-state index in [0.29, 0.717) is 13.1 Å². The summed E-state index contributed by atoms with van der Waals surface area (Å²) in [5.74, 6) is -0.984. The Morgan fingerprint density at radius 2 is 2.04 bits per heavy atom. The number of carbonyl (C=O) groups is 2. The molecular formula is C18H22FN5O2. The van der Waals surface area contributed by atoms with Crippen LogP contribution in [0, 0.1) is 11.7 Å². The number of hydrogen-bond acceptors (Lipinski definition) is 4. The van der Waals surface area contributed by atoms with E-state index in [1.807, 2.05) is 11.1 Å². The number of carbonyl (C=O) groups excluding carboxylic acids is 2. The highest BCUT2D eigenvalue weighted by molar-refractivity contribution is 5.88. The topological polar surface area (TPSA) is 83.9 Å². The summed E-state index contributed by atoms with van der Waals surface area (Å²) in [5.41, 5.74) is 6.98. The van der Waals surface area contributed by atoms with Gasteiger partial charge in [-0.1, -0.05) is 0 Å². The Kier molecular flexibility index (Phi) is 4.36. The van der Waals surface area contributed by atoms with Crippen molar-refractivity contribution in [2.45, 2.75) is 31.8 Å². The minimum atomic E-state index is -0.387. The van der Waals surface area contributed by atoms with Gasteiger partial charge in [0, 0.05) is 51.0 Å². The fourth-order valence-electron chi connectivity index (χ4n) is 3.99. The normalized spacial score (nSPS) is 22.4. The van der Waals surface area contributed by atoms with Crippen molar-refractivity contribution in [2.75, 3.05) is 19.6 Å². The Labute approximate surface area is 150 Å². The molecule has 0 bridgehead atoms. The molecule has 7 nitrogen and oxygen atoms in total. The summed E-state index contributed by atoms with van der Waals surface area (Å²) in [4.78, 5) is 32.1. The number of fused-ring (bicyclic) bond motifs is 1. The van der Waals surface area contributed by atoms with Crippen LogP contribution in [0.4, 0.5) is 4.39 Å². The quantitative estimate of drug-likeness (QED) is 0.874. The highest BCUT2D eigenvalue weighted by Gasteiger charge is 2.38. The van der Waals surface area contributed by atoms with Crippen LogP contribution in [0.15, 0.2) is 24.5 Å². The molecule has 2 N–H and O–H groups in total. The number of halogens is 1. The number of aromatic nitrogens is 2. The van der Waals surface area contributed by atoms with Gasteiger partial charge in [0.1, 0.15) is 11.5 Å². The summed E-state index contributed by atoms with van der Waals surface area (Å²) < 4.78 is 15.0. The molecule has 1 unspecified atom stereocenters. The van der Waals surface area contributed by atoms with Gasteiger partial charge < -0.3 is 15.0 Å². The fraction of sp³-hybridized carbons (Fsp3) is 0.500. The predicted octanol–water partition coefficient (Wildman–Crippen LogP) is 0.772. The van der Waals surface area contributed by atoms with Crippen LogP contribution in [-0.4, -0.2) is 56.7 Å². The average Bonchev–Trinajstić information content (AvgIpc) is 3.18. The molecule has 2 aromatic rings. The van der Waals surface area contributed by atoms with Gasteiger partial charge in [-0.2, -0.15) is 0 Å². The summed E-state index contributed by atoms with van der Waals surface area (Å²) in [6, 6.07) is 3.25. The van der Waals surface area contributed by atoms with Crippen LogP contribution in [0.5, 0.6) is 0 Å². The monoisotopic (exact) mass is 359 g/mol. The van der Waals surface area contributed by atoms with Crippen molar-refractivity contribution in [3.8, 4) is 0 Å². The van der Waals surface area contributed by atoms with Crippen LogP contribution in [0.3, 0.4) is 0 Å². The Bertz CT molecular complexity index is 843. The van der Waals surface area contributed by atoms with Crippen molar-refractivity contribution in [1.29, 1.82) is 0 Å². The lowest BCUT2D eigenvalue weighted by Crippen LogP contribution is -2.45. The molecule has 2 aliphatic rings. The van der Waals surface area contributed by atoms with Crippen LogP contribution < -0.4 is 5.73 Å². The molecule has 138 valence electrons. The fourth-order valence-corrected chi connectivity index (χ4v) is 3.99. The third kappa shape index (κ3) is 3.29. The predicted molar refractivity (Wildman–Crippen MR) is 92.5 cm³/mol. The third-order valence-corrected chi connectivity index (χ3v) is 5.41. The smallest absolute Gasteiger partial charge is 0.223 e. The second kappa shape index (κ2) is 6.68. The number of rotatable bonds is 4. The highest BCUT2D eigenvalue weighted by Crippen LogP contribution is 2.26. The molecule has 26 heavy (non-hydrogen) atoms. The summed E-state index contributed by atoms with van der Waals surface area (Å²) in [6.07, 6.45) is 5.27. The standard InChI is InChI=1S/C18H22FN5O2/c19-13-1-2-16-21-14(11-23(16)9-13)10-22-5-3-15(4-6-22)24-8-12(18(20)26)7-17(24)25/h1-2,9,11-12,15H,3-8,10H2,(H2,20,26). The molecule has 4 rings (SSSR count). The Hall–Kier alpha value is -2.48. The molecule has 2 fully saturated rings. The summed E-state index contributed by atoms with van der Waals surface area (Å²) in [5, 5.41) is 0. The van der Waals surface area contributed by atoms with Gasteiger partial charge in [0.2, 0.25) is 11.8 Å². The van der Waals surface area contributed by atoms with Gasteiger partial charge in [0.05, 0.1) is 11.6 Å². The second-order valence-corrected chi connectivity index (χ2v) is 7.20. The molecular weight excluding hydrogens is 337 g/mol. The van der Waals surface area contributed by atoms with E-state index in [2.05, 4.69) is 9.88 Å². The Balaban J connectivity index is 1.34. The largest absolute Gasteiger partial charge is 0.369 e. The first-order valence-electron chi connectivity index (χ1n) is 8.94. The molecule has 0 aliphatic carbocycles. The molecule has 8 heteroatoms. The van der Waals surface area contributed by atoms with E-state index in [0.717, 1.165) is 37.3 Å². The first-order chi connectivity index (χ1) is 12.5. The van der Waals surface area contributed by atoms with Crippen LogP contribution in [-0.2, 0) is 16.1 Å². The number of likely N-dealkylation sites (tertiary alicyclic amines) is 2. The number of nitrogens with zero attached hydrogens (tertiary/aromatic N) is 4. The zero-order valence-corrected chi connectivity index (χ0v) is 14.5. The summed E-state index contributed by atoms with van der Waals surface area (Å²) in [7, 11) is 0. The highest BCUT2D eigenvalue weighted by atomic mass is 19.1. The molecule has 1 atom stereocenters. The molecule has 2 amide bonds. The molecule has 0 radical (unpaired) electrons. The van der Waals surface area contributed by atoms with Gasteiger partial charge in [-0.3, -0.25) is 14.5 Å². The lowest BCUT2D eigenvalue weighted by atomic mass is 10.0. The first kappa shape index (κ1) is 17.0. The molecule has 0 spiro atoms. The SMILES string of the molecule is NC(=O)C1CC(=O)N(C2CCN(Cc3cn4cc(F)ccc4n3)CC2)C1. The van der Waals surface area contributed by atoms with Gasteiger partial charge in [0.25, 0.3) is 0 Å². The lowest BCUT2D eigenvalue weighted by Gasteiger charge is -2.36. The van der Waals surface area contributed by atoms with Crippen molar-refractivity contribution in [1.82, 2.24) is 19.2 Å². The lowest BCUT2D eigenvalue weighted by molar-refractivity contribution is -0.130. The molecule has 4 heterocycles. The molecule has 2 aromatic heterocycles. The zero-order chi connectivity index (χ0) is 18.3. The van der Waals surface area contributed by atoms with Gasteiger partial charge in [0.15, 0.2) is 0 Å². The number of nitrogens with two attached hydrogens (primary N) is 1. The number of piperidine rings is 1. The van der Waals surface area contributed by atoms with E-state index in [9.17, 15) is 14.0 Å². The van der Waals surface area contributed by atoms with E-state index < -0.39 is 0 Å². The number of hydrogen-bond donors (Lipinski definition) is 1. The maximum Gasteiger partial charge on any atom is 0.223 e. The molecule has 2 saturated heterocycles. The number of pyridine rings is 1. The van der Waals surface area contributed by atoms with Crippen LogP contribution >= 0.6 is 0 Å². The van der Waals surface area contributed by atoms with Crippen molar-refractivity contribution < 1.29 is 14.0 Å². The van der Waals surface area contributed by atoms with E-state index in [1.54, 1.807) is 10.5 Å². The van der Waals surface area contributed by atoms with Crippen LogP contribution in [0.1, 0.15) is 25.0 Å². The first-order valence-corrected chi connectivity index (χ1v) is 8.94. The van der Waals surface area contributed by atoms with Crippen molar-refractivity contribution >= 4 is 17.5 Å². The minimum absolute atomic E-state index is 0.0367. The van der Waals surface area contributed by atoms with Crippen LogP contribution in [0.25, 0.3) is 5.65 Å². The molecule has 0 aromatic carbocycles. The summed E-state index contributed by atoms with van der Waals surface area (Å²) >= 11 is 0. The van der Waals surface area contributed by atoms with Crippen LogP contribution in [0.2, 0.25) is 0 Å². The van der Waals surface area contributed by atoms with Gasteiger partial charge >= 0.3 is 0 Å². The molecule has 0 saturated carbocycles. The molecule has 2 aliphatic heterocycles. The van der Waals surface area contributed by atoms with E-state index in [-0.39, 0.29) is 36.0 Å². The minimum Gasteiger partial charge on any atom is -0.369 e.